The van der Waals surface area contributed by atoms with Crippen molar-refractivity contribution in [2.24, 2.45) is 0 Å². The number of hydrogen-bond donors (Lipinski definition) is 1. The maximum Gasteiger partial charge on any atom is 0.0726 e. The highest BCUT2D eigenvalue weighted by Gasteiger charge is 2.06. The van der Waals surface area contributed by atoms with Crippen molar-refractivity contribution in [1.82, 2.24) is 10.3 Å². The van der Waals surface area contributed by atoms with Crippen molar-refractivity contribution in [1.29, 1.82) is 0 Å². The van der Waals surface area contributed by atoms with Gasteiger partial charge in [0.1, 0.15) is 0 Å². The molecule has 0 amide bonds. The predicted octanol–water partition coefficient (Wildman–Crippen LogP) is 1.34. The second kappa shape index (κ2) is 3.89. The Hall–Kier alpha value is -1.33. The highest BCUT2D eigenvalue weighted by molar-refractivity contribution is 5.36. The summed E-state index contributed by atoms with van der Waals surface area (Å²) in [7, 11) is 1.89. The Kier molecular flexibility index (Phi) is 2.84. The fourth-order valence-corrected chi connectivity index (χ4v) is 1.02. The average molecular weight is 160 g/mol. The lowest BCUT2D eigenvalue weighted by molar-refractivity contribution is 0.631. The molecule has 0 aliphatic rings. The topological polar surface area (TPSA) is 24.9 Å². The second-order valence-corrected chi connectivity index (χ2v) is 2.59. The molecule has 2 heteroatoms. The molecular formula is C10H12N2. The Morgan fingerprint density at radius 1 is 1.67 bits per heavy atom. The van der Waals surface area contributed by atoms with E-state index in [2.05, 4.69) is 16.2 Å². The zero-order valence-corrected chi connectivity index (χ0v) is 7.33. The van der Waals surface area contributed by atoms with Gasteiger partial charge in [0.05, 0.1) is 5.69 Å². The first kappa shape index (κ1) is 8.76. The van der Waals surface area contributed by atoms with Crippen LogP contribution in [0, 0.1) is 12.3 Å². The fraction of sp³-hybridized carbons (Fsp3) is 0.300. The van der Waals surface area contributed by atoms with E-state index < -0.39 is 0 Å². The van der Waals surface area contributed by atoms with Crippen LogP contribution in [0.3, 0.4) is 0 Å². The summed E-state index contributed by atoms with van der Waals surface area (Å²) in [5, 5.41) is 3.10. The molecule has 0 bridgehead atoms. The van der Waals surface area contributed by atoms with Crippen molar-refractivity contribution in [3.8, 4) is 12.3 Å². The van der Waals surface area contributed by atoms with Crippen molar-refractivity contribution in [3.63, 3.8) is 0 Å². The molecular weight excluding hydrogens is 148 g/mol. The van der Waals surface area contributed by atoms with E-state index >= 15 is 0 Å². The van der Waals surface area contributed by atoms with Gasteiger partial charge in [0.2, 0.25) is 0 Å². The van der Waals surface area contributed by atoms with Crippen LogP contribution in [0.25, 0.3) is 0 Å². The first-order valence-corrected chi connectivity index (χ1v) is 3.88. The van der Waals surface area contributed by atoms with Crippen LogP contribution < -0.4 is 5.32 Å². The van der Waals surface area contributed by atoms with Gasteiger partial charge < -0.3 is 5.32 Å². The van der Waals surface area contributed by atoms with Crippen molar-refractivity contribution in [3.05, 3.63) is 29.6 Å². The second-order valence-electron chi connectivity index (χ2n) is 2.59. The van der Waals surface area contributed by atoms with E-state index in [1.54, 1.807) is 6.20 Å². The molecule has 0 aliphatic heterocycles. The van der Waals surface area contributed by atoms with E-state index in [4.69, 9.17) is 6.42 Å². The molecule has 1 atom stereocenters. The van der Waals surface area contributed by atoms with Gasteiger partial charge in [-0.15, -0.1) is 6.42 Å². The van der Waals surface area contributed by atoms with Crippen LogP contribution in [-0.4, -0.2) is 12.0 Å². The van der Waals surface area contributed by atoms with Crippen LogP contribution in [0.4, 0.5) is 0 Å². The maximum absolute atomic E-state index is 5.33. The molecule has 0 saturated heterocycles. The fourth-order valence-electron chi connectivity index (χ4n) is 1.02. The third-order valence-electron chi connectivity index (χ3n) is 1.84. The lowest BCUT2D eigenvalue weighted by Gasteiger charge is -2.10. The molecule has 1 heterocycles. The zero-order valence-electron chi connectivity index (χ0n) is 7.33. The Morgan fingerprint density at radius 3 is 3.00 bits per heavy atom. The maximum atomic E-state index is 5.33. The molecule has 62 valence electrons. The third kappa shape index (κ3) is 1.63. The van der Waals surface area contributed by atoms with Crippen LogP contribution in [-0.2, 0) is 0 Å². The molecule has 0 aliphatic carbocycles. The summed E-state index contributed by atoms with van der Waals surface area (Å²) < 4.78 is 0. The molecule has 0 aromatic carbocycles. The Balaban J connectivity index is 3.07. The molecule has 0 fully saturated rings. The number of pyridine rings is 1. The quantitative estimate of drug-likeness (QED) is 0.660. The normalized spacial score (nSPS) is 12.1. The average Bonchev–Trinajstić information content (AvgIpc) is 2.16. The molecule has 0 spiro atoms. The van der Waals surface area contributed by atoms with Gasteiger partial charge in [-0.3, -0.25) is 4.98 Å². The van der Waals surface area contributed by atoms with Crippen molar-refractivity contribution in [2.75, 3.05) is 7.05 Å². The number of rotatable bonds is 2. The van der Waals surface area contributed by atoms with E-state index in [0.717, 1.165) is 11.3 Å². The molecule has 2 nitrogen and oxygen atoms in total. The lowest BCUT2D eigenvalue weighted by Crippen LogP contribution is -2.15. The van der Waals surface area contributed by atoms with Crippen LogP contribution >= 0.6 is 0 Å². The third-order valence-corrected chi connectivity index (χ3v) is 1.84. The van der Waals surface area contributed by atoms with Crippen LogP contribution in [0.1, 0.15) is 24.2 Å². The van der Waals surface area contributed by atoms with Crippen LogP contribution in [0.5, 0.6) is 0 Å². The van der Waals surface area contributed by atoms with E-state index in [1.165, 1.54) is 0 Å². The van der Waals surface area contributed by atoms with Gasteiger partial charge in [-0.25, -0.2) is 0 Å². The van der Waals surface area contributed by atoms with Crippen LogP contribution in [0.15, 0.2) is 18.3 Å². The molecule has 0 unspecified atom stereocenters. The Labute approximate surface area is 73.0 Å². The first-order valence-electron chi connectivity index (χ1n) is 3.88. The summed E-state index contributed by atoms with van der Waals surface area (Å²) in [6, 6.07) is 3.95. The van der Waals surface area contributed by atoms with E-state index in [9.17, 15) is 0 Å². The number of nitrogens with one attached hydrogen (secondary N) is 1. The number of aromatic nitrogens is 1. The lowest BCUT2D eigenvalue weighted by atomic mass is 10.1. The first-order chi connectivity index (χ1) is 5.79. The number of hydrogen-bond acceptors (Lipinski definition) is 2. The summed E-state index contributed by atoms with van der Waals surface area (Å²) in [6.45, 7) is 2.03. The minimum Gasteiger partial charge on any atom is -0.312 e. The Bertz CT molecular complexity index is 299. The minimum atomic E-state index is 0.206. The van der Waals surface area contributed by atoms with Gasteiger partial charge in [-0.1, -0.05) is 5.92 Å². The van der Waals surface area contributed by atoms with Gasteiger partial charge in [-0.05, 0) is 26.1 Å². The van der Waals surface area contributed by atoms with Gasteiger partial charge in [0, 0.05) is 17.8 Å². The minimum absolute atomic E-state index is 0.206. The molecule has 1 N–H and O–H groups in total. The van der Waals surface area contributed by atoms with Crippen molar-refractivity contribution < 1.29 is 0 Å². The number of nitrogens with zero attached hydrogens (tertiary/aromatic N) is 1. The van der Waals surface area contributed by atoms with Crippen LogP contribution in [0.2, 0.25) is 0 Å². The molecule has 0 saturated carbocycles. The smallest absolute Gasteiger partial charge is 0.0726 e. The standard InChI is InChI=1S/C10H12N2/c1-4-9-6-5-7-12-10(9)8(2)11-3/h1,5-8,11H,2-3H3/t8-/m1/s1. The summed E-state index contributed by atoms with van der Waals surface area (Å²) in [5.41, 5.74) is 1.79. The molecule has 1 aromatic heterocycles. The van der Waals surface area contributed by atoms with E-state index in [-0.39, 0.29) is 6.04 Å². The molecule has 0 radical (unpaired) electrons. The monoisotopic (exact) mass is 160 g/mol. The molecule has 1 rings (SSSR count). The largest absolute Gasteiger partial charge is 0.312 e. The zero-order chi connectivity index (χ0) is 8.97. The highest BCUT2D eigenvalue weighted by atomic mass is 14.9. The van der Waals surface area contributed by atoms with E-state index in [0.29, 0.717) is 0 Å². The predicted molar refractivity (Wildman–Crippen MR) is 49.6 cm³/mol. The van der Waals surface area contributed by atoms with Crippen molar-refractivity contribution >= 4 is 0 Å². The van der Waals surface area contributed by atoms with E-state index in [1.807, 2.05) is 26.1 Å². The highest BCUT2D eigenvalue weighted by Crippen LogP contribution is 2.12. The van der Waals surface area contributed by atoms with Crippen molar-refractivity contribution in [2.45, 2.75) is 13.0 Å². The number of terminal acetylenes is 1. The van der Waals surface area contributed by atoms with Gasteiger partial charge in [0.15, 0.2) is 0 Å². The summed E-state index contributed by atoms with van der Waals surface area (Å²) in [6.07, 6.45) is 7.08. The van der Waals surface area contributed by atoms with Gasteiger partial charge in [0.25, 0.3) is 0 Å². The Morgan fingerprint density at radius 2 is 2.42 bits per heavy atom. The van der Waals surface area contributed by atoms with Gasteiger partial charge >= 0.3 is 0 Å². The molecule has 12 heavy (non-hydrogen) atoms. The summed E-state index contributed by atoms with van der Waals surface area (Å²) >= 11 is 0. The SMILES string of the molecule is C#Cc1cccnc1[C@@H](C)NC. The summed E-state index contributed by atoms with van der Waals surface area (Å²) in [5.74, 6) is 2.61. The van der Waals surface area contributed by atoms with Gasteiger partial charge in [-0.2, -0.15) is 0 Å². The molecule has 1 aromatic rings. The summed E-state index contributed by atoms with van der Waals surface area (Å²) in [4.78, 5) is 4.22.